The van der Waals surface area contributed by atoms with Gasteiger partial charge < -0.3 is 15.1 Å². The smallest absolute Gasteiger partial charge is 0.416 e. The predicted octanol–water partition coefficient (Wildman–Crippen LogP) is 5.85. The molecular formula is C32H40F3N3O4. The number of carbonyl (C=O) groups excluding carboxylic acids is 1. The molecular weight excluding hydrogens is 547 g/mol. The number of aliphatic hydroxyl groups is 1. The molecule has 42 heavy (non-hydrogen) atoms. The Kier molecular flexibility index (Phi) is 9.18. The number of amides is 1. The minimum Gasteiger partial charge on any atom is -0.481 e. The first kappa shape index (κ1) is 31.7. The first-order valence-corrected chi connectivity index (χ1v) is 14.4. The van der Waals surface area contributed by atoms with Crippen molar-refractivity contribution in [1.29, 1.82) is 0 Å². The summed E-state index contributed by atoms with van der Waals surface area (Å²) in [5, 5.41) is 20.4. The molecule has 0 aromatic heterocycles. The van der Waals surface area contributed by atoms with Gasteiger partial charge in [-0.05, 0) is 73.3 Å². The van der Waals surface area contributed by atoms with E-state index in [0.717, 1.165) is 30.5 Å². The van der Waals surface area contributed by atoms with E-state index in [2.05, 4.69) is 20.8 Å². The van der Waals surface area contributed by atoms with Crippen molar-refractivity contribution in [2.45, 2.75) is 77.4 Å². The second-order valence-corrected chi connectivity index (χ2v) is 12.6. The van der Waals surface area contributed by atoms with Crippen LogP contribution in [0.3, 0.4) is 0 Å². The number of halogens is 3. The Morgan fingerprint density at radius 2 is 1.71 bits per heavy atom. The third-order valence-electron chi connectivity index (χ3n) is 8.75. The van der Waals surface area contributed by atoms with E-state index in [1.54, 1.807) is 25.2 Å². The molecule has 2 aromatic rings. The molecule has 2 N–H and O–H groups in total. The van der Waals surface area contributed by atoms with Crippen LogP contribution in [-0.2, 0) is 17.4 Å². The molecule has 1 amide bonds. The molecule has 1 spiro atoms. The lowest BCUT2D eigenvalue weighted by Crippen LogP contribution is -2.52. The maximum atomic E-state index is 13.5. The lowest BCUT2D eigenvalue weighted by atomic mass is 9.69. The lowest BCUT2D eigenvalue weighted by Gasteiger charge is -2.45. The summed E-state index contributed by atoms with van der Waals surface area (Å²) in [6.07, 6.45) is -2.05. The highest BCUT2D eigenvalue weighted by atomic mass is 19.4. The molecule has 228 valence electrons. The highest BCUT2D eigenvalue weighted by Crippen LogP contribution is 2.47. The van der Waals surface area contributed by atoms with Crippen LogP contribution in [0.1, 0.15) is 79.9 Å². The van der Waals surface area contributed by atoms with Gasteiger partial charge in [-0.2, -0.15) is 13.2 Å². The molecule has 1 aliphatic carbocycles. The zero-order chi connectivity index (χ0) is 30.9. The van der Waals surface area contributed by atoms with Gasteiger partial charge in [-0.25, -0.2) is 4.90 Å². The zero-order valence-corrected chi connectivity index (χ0v) is 24.6. The highest BCUT2D eigenvalue weighted by Gasteiger charge is 2.50. The molecule has 2 aliphatic rings. The van der Waals surface area contributed by atoms with Gasteiger partial charge in [0.1, 0.15) is 5.66 Å². The van der Waals surface area contributed by atoms with Crippen LogP contribution in [-0.4, -0.2) is 69.6 Å². The van der Waals surface area contributed by atoms with Gasteiger partial charge in [0.05, 0.1) is 17.7 Å². The van der Waals surface area contributed by atoms with Crippen molar-refractivity contribution in [2.75, 3.05) is 20.1 Å². The zero-order valence-electron chi connectivity index (χ0n) is 24.6. The van der Waals surface area contributed by atoms with E-state index in [1.165, 1.54) is 11.0 Å². The Bertz CT molecular complexity index is 1310. The van der Waals surface area contributed by atoms with Gasteiger partial charge in [0.25, 0.3) is 5.91 Å². The Hall–Kier alpha value is -3.24. The monoisotopic (exact) mass is 587 g/mol. The second kappa shape index (κ2) is 12.2. The largest absolute Gasteiger partial charge is 0.481 e. The number of carboxylic acids is 1. The van der Waals surface area contributed by atoms with Gasteiger partial charge in [-0.1, -0.05) is 45.0 Å². The van der Waals surface area contributed by atoms with Gasteiger partial charge >= 0.3 is 12.1 Å². The molecule has 1 fully saturated rings. The molecule has 1 saturated carbocycles. The Morgan fingerprint density at radius 1 is 1.07 bits per heavy atom. The molecule has 2 aromatic carbocycles. The molecule has 0 saturated heterocycles. The summed E-state index contributed by atoms with van der Waals surface area (Å²) in [4.78, 5) is 31.8. The number of aliphatic hydroxyl groups excluding tert-OH is 1. The van der Waals surface area contributed by atoms with E-state index in [0.29, 0.717) is 37.3 Å². The van der Waals surface area contributed by atoms with Gasteiger partial charge in [-0.3, -0.25) is 14.6 Å². The predicted molar refractivity (Wildman–Crippen MR) is 154 cm³/mol. The molecule has 10 heteroatoms. The third kappa shape index (κ3) is 7.03. The van der Waals surface area contributed by atoms with Crippen molar-refractivity contribution in [3.05, 3.63) is 70.8 Å². The van der Waals surface area contributed by atoms with Gasteiger partial charge in [0, 0.05) is 31.3 Å². The summed E-state index contributed by atoms with van der Waals surface area (Å²) in [7, 11) is 1.56. The van der Waals surface area contributed by atoms with E-state index in [-0.39, 0.29) is 35.6 Å². The minimum atomic E-state index is -4.50. The number of alkyl halides is 3. The lowest BCUT2D eigenvalue weighted by molar-refractivity contribution is -0.138. The number of aliphatic imine (C=N–C) groups is 1. The second-order valence-electron chi connectivity index (χ2n) is 12.6. The summed E-state index contributed by atoms with van der Waals surface area (Å²) in [5.41, 5.74) is 0.554. The van der Waals surface area contributed by atoms with Crippen molar-refractivity contribution in [1.82, 2.24) is 9.80 Å². The quantitative estimate of drug-likeness (QED) is 0.404. The summed E-state index contributed by atoms with van der Waals surface area (Å²) in [6.45, 7) is 7.18. The Morgan fingerprint density at radius 3 is 2.29 bits per heavy atom. The van der Waals surface area contributed by atoms with Crippen molar-refractivity contribution in [3.8, 4) is 0 Å². The van der Waals surface area contributed by atoms with E-state index in [9.17, 15) is 27.9 Å². The van der Waals surface area contributed by atoms with Crippen LogP contribution >= 0.6 is 0 Å². The molecule has 0 bridgehead atoms. The van der Waals surface area contributed by atoms with Crippen molar-refractivity contribution < 1.29 is 33.0 Å². The summed E-state index contributed by atoms with van der Waals surface area (Å²) < 4.78 is 40.4. The number of hydrogen-bond donors (Lipinski definition) is 2. The first-order chi connectivity index (χ1) is 19.6. The molecule has 1 heterocycles. The van der Waals surface area contributed by atoms with Crippen molar-refractivity contribution >= 4 is 17.6 Å². The maximum absolute atomic E-state index is 13.5. The van der Waals surface area contributed by atoms with E-state index < -0.39 is 29.6 Å². The number of hydrogen-bond acceptors (Lipinski definition) is 5. The average molecular weight is 588 g/mol. The molecule has 1 atom stereocenters. The molecule has 7 nitrogen and oxygen atoms in total. The van der Waals surface area contributed by atoms with E-state index in [1.807, 2.05) is 17.0 Å². The first-order valence-electron chi connectivity index (χ1n) is 14.4. The SMILES string of the molecule is CN(CCC(=O)O)C(=O)c1ccc(CCN2C(O)C(c3cccc(C(F)(F)F)c3)=NC23CCC(C(C)(C)C)CC3)cc1. The van der Waals surface area contributed by atoms with Crippen molar-refractivity contribution in [2.24, 2.45) is 16.3 Å². The van der Waals surface area contributed by atoms with E-state index >= 15 is 0 Å². The normalized spacial score (nSPS) is 23.2. The Labute approximate surface area is 245 Å². The fourth-order valence-electron chi connectivity index (χ4n) is 6.11. The Balaban J connectivity index is 1.54. The molecule has 4 rings (SSSR count). The van der Waals surface area contributed by atoms with Crippen LogP contribution in [0.4, 0.5) is 13.2 Å². The standard InChI is InChI=1S/C32H40F3N3O4/c1-30(2,3)24-12-16-31(17-13-24)36-27(23-6-5-7-25(20-23)32(33,34)35)29(42)38(31)19-14-21-8-10-22(11-9-21)28(41)37(4)18-15-26(39)40/h5-11,20,24,29,42H,12-19H2,1-4H3,(H,39,40). The van der Waals surface area contributed by atoms with Gasteiger partial charge in [-0.15, -0.1) is 0 Å². The summed E-state index contributed by atoms with van der Waals surface area (Å²) in [5.74, 6) is -0.765. The van der Waals surface area contributed by atoms with Crippen LogP contribution in [0, 0.1) is 11.3 Å². The maximum Gasteiger partial charge on any atom is 0.416 e. The third-order valence-corrected chi connectivity index (χ3v) is 8.75. The van der Waals surface area contributed by atoms with Crippen molar-refractivity contribution in [3.63, 3.8) is 0 Å². The minimum absolute atomic E-state index is 0.106. The van der Waals surface area contributed by atoms with Crippen LogP contribution in [0.15, 0.2) is 53.5 Å². The number of aliphatic carboxylic acids is 1. The number of rotatable bonds is 8. The fourth-order valence-corrected chi connectivity index (χ4v) is 6.11. The van der Waals surface area contributed by atoms with Crippen LogP contribution in [0.2, 0.25) is 0 Å². The summed E-state index contributed by atoms with van der Waals surface area (Å²) >= 11 is 0. The average Bonchev–Trinajstić information content (AvgIpc) is 3.20. The van der Waals surface area contributed by atoms with E-state index in [4.69, 9.17) is 10.1 Å². The fraction of sp³-hybridized carbons (Fsp3) is 0.531. The molecule has 1 aliphatic heterocycles. The van der Waals surface area contributed by atoms with Crippen LogP contribution < -0.4 is 0 Å². The van der Waals surface area contributed by atoms with Crippen LogP contribution in [0.5, 0.6) is 0 Å². The summed E-state index contributed by atoms with van der Waals surface area (Å²) in [6, 6.07) is 12.1. The van der Waals surface area contributed by atoms with Crippen LogP contribution in [0.25, 0.3) is 0 Å². The van der Waals surface area contributed by atoms with Gasteiger partial charge in [0.15, 0.2) is 6.23 Å². The highest BCUT2D eigenvalue weighted by molar-refractivity contribution is 6.05. The molecule has 0 radical (unpaired) electrons. The van der Waals surface area contributed by atoms with Gasteiger partial charge in [0.2, 0.25) is 0 Å². The number of carbonyl (C=O) groups is 2. The number of nitrogens with zero attached hydrogens (tertiary/aromatic N) is 3. The topological polar surface area (TPSA) is 93.4 Å². The molecule has 1 unspecified atom stereocenters. The number of benzene rings is 2. The number of carboxylic acid groups (broad SMARTS) is 1.